The highest BCUT2D eigenvalue weighted by Gasteiger charge is 2.25. The van der Waals surface area contributed by atoms with E-state index in [-0.39, 0.29) is 13.2 Å². The molecule has 2 N–H and O–H groups in total. The minimum atomic E-state index is -0.801. The van der Waals surface area contributed by atoms with E-state index in [9.17, 15) is 5.11 Å². The molecule has 2 aromatic carbocycles. The number of rotatable bonds is 8. The smallest absolute Gasteiger partial charge is 0.139 e. The van der Waals surface area contributed by atoms with Gasteiger partial charge in [0.2, 0.25) is 0 Å². The van der Waals surface area contributed by atoms with E-state index in [4.69, 9.17) is 9.57 Å². The summed E-state index contributed by atoms with van der Waals surface area (Å²) in [6.45, 7) is 2.44. The first kappa shape index (κ1) is 15.5. The third-order valence-electron chi connectivity index (χ3n) is 3.04. The SMILES string of the molecule is CC(CO)(COCc1ccccc1)ONc1ccccc1. The van der Waals surface area contributed by atoms with Crippen molar-refractivity contribution in [2.24, 2.45) is 0 Å². The standard InChI is InChI=1S/C17H21NO3/c1-17(13-19,21-18-16-10-6-3-7-11-16)14-20-12-15-8-4-2-5-9-15/h2-11,18-19H,12-14H2,1H3. The summed E-state index contributed by atoms with van der Waals surface area (Å²) in [6, 6.07) is 19.4. The van der Waals surface area contributed by atoms with Crippen LogP contribution < -0.4 is 5.48 Å². The third kappa shape index (κ3) is 5.19. The van der Waals surface area contributed by atoms with Crippen LogP contribution in [-0.4, -0.2) is 23.9 Å². The van der Waals surface area contributed by atoms with Crippen molar-refractivity contribution < 1.29 is 14.7 Å². The van der Waals surface area contributed by atoms with Crippen LogP contribution in [0.15, 0.2) is 60.7 Å². The molecule has 4 heteroatoms. The highest BCUT2D eigenvalue weighted by Crippen LogP contribution is 2.14. The fraction of sp³-hybridized carbons (Fsp3) is 0.294. The molecule has 2 aromatic rings. The van der Waals surface area contributed by atoms with Crippen LogP contribution >= 0.6 is 0 Å². The molecule has 0 bridgehead atoms. The number of benzene rings is 2. The maximum absolute atomic E-state index is 9.52. The number of ether oxygens (including phenoxy) is 1. The summed E-state index contributed by atoms with van der Waals surface area (Å²) in [6.07, 6.45) is 0. The first-order chi connectivity index (χ1) is 10.2. The van der Waals surface area contributed by atoms with E-state index in [1.54, 1.807) is 6.92 Å². The highest BCUT2D eigenvalue weighted by atomic mass is 16.7. The summed E-state index contributed by atoms with van der Waals surface area (Å²) in [7, 11) is 0. The molecule has 0 spiro atoms. The Hall–Kier alpha value is -1.88. The average Bonchev–Trinajstić information content (AvgIpc) is 2.55. The predicted molar refractivity (Wildman–Crippen MR) is 82.7 cm³/mol. The zero-order chi connectivity index (χ0) is 15.0. The van der Waals surface area contributed by atoms with Crippen molar-refractivity contribution in [2.45, 2.75) is 19.1 Å². The van der Waals surface area contributed by atoms with E-state index in [1.165, 1.54) is 0 Å². The van der Waals surface area contributed by atoms with E-state index in [1.807, 2.05) is 60.7 Å². The fourth-order valence-corrected chi connectivity index (χ4v) is 1.75. The van der Waals surface area contributed by atoms with Gasteiger partial charge in [0.15, 0.2) is 0 Å². The van der Waals surface area contributed by atoms with Crippen molar-refractivity contribution in [1.29, 1.82) is 0 Å². The van der Waals surface area contributed by atoms with Gasteiger partial charge in [-0.2, -0.15) is 0 Å². The number of hydrogen-bond acceptors (Lipinski definition) is 4. The van der Waals surface area contributed by atoms with Gasteiger partial charge in [-0.05, 0) is 24.6 Å². The van der Waals surface area contributed by atoms with Crippen molar-refractivity contribution in [1.82, 2.24) is 0 Å². The minimum Gasteiger partial charge on any atom is -0.393 e. The number of nitrogens with one attached hydrogen (secondary N) is 1. The van der Waals surface area contributed by atoms with E-state index < -0.39 is 5.60 Å². The molecule has 0 aliphatic rings. The van der Waals surface area contributed by atoms with Crippen LogP contribution in [0.4, 0.5) is 5.69 Å². The second kappa shape index (κ2) is 7.78. The molecule has 0 saturated carbocycles. The minimum absolute atomic E-state index is 0.137. The quantitative estimate of drug-likeness (QED) is 0.733. The van der Waals surface area contributed by atoms with Gasteiger partial charge in [0.25, 0.3) is 0 Å². The first-order valence-corrected chi connectivity index (χ1v) is 6.93. The summed E-state index contributed by atoms with van der Waals surface area (Å²) < 4.78 is 5.64. The molecule has 0 aromatic heterocycles. The summed E-state index contributed by atoms with van der Waals surface area (Å²) >= 11 is 0. The summed E-state index contributed by atoms with van der Waals surface area (Å²) in [5, 5.41) is 9.52. The third-order valence-corrected chi connectivity index (χ3v) is 3.04. The molecule has 0 aliphatic heterocycles. The van der Waals surface area contributed by atoms with Gasteiger partial charge >= 0.3 is 0 Å². The highest BCUT2D eigenvalue weighted by molar-refractivity contribution is 5.40. The molecule has 1 atom stereocenters. The van der Waals surface area contributed by atoms with Crippen molar-refractivity contribution >= 4 is 5.69 Å². The topological polar surface area (TPSA) is 50.7 Å². The van der Waals surface area contributed by atoms with Gasteiger partial charge in [-0.3, -0.25) is 10.3 Å². The number of anilines is 1. The lowest BCUT2D eigenvalue weighted by Crippen LogP contribution is -2.40. The monoisotopic (exact) mass is 287 g/mol. The normalized spacial score (nSPS) is 13.6. The van der Waals surface area contributed by atoms with E-state index in [2.05, 4.69) is 5.48 Å². The molecular weight excluding hydrogens is 266 g/mol. The molecule has 0 amide bonds. The van der Waals surface area contributed by atoms with Crippen LogP contribution in [0.1, 0.15) is 12.5 Å². The van der Waals surface area contributed by atoms with Gasteiger partial charge in [-0.1, -0.05) is 48.5 Å². The molecule has 0 saturated heterocycles. The van der Waals surface area contributed by atoms with Crippen LogP contribution in [0.3, 0.4) is 0 Å². The summed E-state index contributed by atoms with van der Waals surface area (Å²) in [5.41, 5.74) is 3.97. The number of hydrogen-bond donors (Lipinski definition) is 2. The molecule has 0 fully saturated rings. The Kier molecular flexibility index (Phi) is 5.75. The van der Waals surface area contributed by atoms with Crippen molar-refractivity contribution in [3.05, 3.63) is 66.2 Å². The summed E-state index contributed by atoms with van der Waals surface area (Å²) in [4.78, 5) is 5.58. The Morgan fingerprint density at radius 3 is 2.24 bits per heavy atom. The van der Waals surface area contributed by atoms with Crippen molar-refractivity contribution in [3.8, 4) is 0 Å². The maximum atomic E-state index is 9.52. The Morgan fingerprint density at radius 2 is 1.62 bits per heavy atom. The van der Waals surface area contributed by atoms with Crippen molar-refractivity contribution in [3.63, 3.8) is 0 Å². The van der Waals surface area contributed by atoms with Crippen molar-refractivity contribution in [2.75, 3.05) is 18.7 Å². The van der Waals surface area contributed by atoms with Gasteiger partial charge in [0.05, 0.1) is 25.5 Å². The van der Waals surface area contributed by atoms with E-state index in [0.29, 0.717) is 6.61 Å². The van der Waals surface area contributed by atoms with Crippen LogP contribution in [0.25, 0.3) is 0 Å². The zero-order valence-corrected chi connectivity index (χ0v) is 12.2. The second-order valence-corrected chi connectivity index (χ2v) is 5.16. The maximum Gasteiger partial charge on any atom is 0.139 e. The number of aliphatic hydroxyl groups excluding tert-OH is 1. The largest absolute Gasteiger partial charge is 0.393 e. The van der Waals surface area contributed by atoms with Crippen LogP contribution in [0.5, 0.6) is 0 Å². The molecular formula is C17H21NO3. The van der Waals surface area contributed by atoms with E-state index >= 15 is 0 Å². The molecule has 2 rings (SSSR count). The molecule has 4 nitrogen and oxygen atoms in total. The molecule has 21 heavy (non-hydrogen) atoms. The lowest BCUT2D eigenvalue weighted by atomic mass is 10.1. The van der Waals surface area contributed by atoms with E-state index in [0.717, 1.165) is 11.3 Å². The summed E-state index contributed by atoms with van der Waals surface area (Å²) in [5.74, 6) is 0. The van der Waals surface area contributed by atoms with Gasteiger partial charge in [-0.15, -0.1) is 0 Å². The zero-order valence-electron chi connectivity index (χ0n) is 12.2. The first-order valence-electron chi connectivity index (χ1n) is 6.93. The molecule has 112 valence electrons. The van der Waals surface area contributed by atoms with Crippen LogP contribution in [0, 0.1) is 0 Å². The number of aliphatic hydroxyl groups is 1. The van der Waals surface area contributed by atoms with Crippen LogP contribution in [-0.2, 0) is 16.2 Å². The molecule has 0 radical (unpaired) electrons. The van der Waals surface area contributed by atoms with Gasteiger partial charge < -0.3 is 9.84 Å². The van der Waals surface area contributed by atoms with Gasteiger partial charge in [0.1, 0.15) is 5.60 Å². The Balaban J connectivity index is 1.80. The average molecular weight is 287 g/mol. The molecule has 0 heterocycles. The van der Waals surface area contributed by atoms with Crippen LogP contribution in [0.2, 0.25) is 0 Å². The molecule has 1 unspecified atom stereocenters. The van der Waals surface area contributed by atoms with Gasteiger partial charge in [-0.25, -0.2) is 0 Å². The number of para-hydroxylation sites is 1. The second-order valence-electron chi connectivity index (χ2n) is 5.16. The lowest BCUT2D eigenvalue weighted by Gasteiger charge is -2.27. The Morgan fingerprint density at radius 1 is 1.00 bits per heavy atom. The van der Waals surface area contributed by atoms with Gasteiger partial charge in [0, 0.05) is 0 Å². The Labute approximate surface area is 125 Å². The fourth-order valence-electron chi connectivity index (χ4n) is 1.75. The predicted octanol–water partition coefficient (Wildman–Crippen LogP) is 3.00. The Bertz CT molecular complexity index is 518. The lowest BCUT2D eigenvalue weighted by molar-refractivity contribution is -0.0952. The molecule has 0 aliphatic carbocycles.